The van der Waals surface area contributed by atoms with Gasteiger partial charge in [-0.05, 0) is 25.5 Å². The van der Waals surface area contributed by atoms with Crippen LogP contribution >= 0.6 is 0 Å². The van der Waals surface area contributed by atoms with Crippen molar-refractivity contribution in [2.24, 2.45) is 7.05 Å². The van der Waals surface area contributed by atoms with Crippen LogP contribution in [-0.4, -0.2) is 21.5 Å². The van der Waals surface area contributed by atoms with Crippen molar-refractivity contribution >= 4 is 0 Å². The fraction of sp³-hybridized carbons (Fsp3) is 0.400. The molecule has 0 aliphatic carbocycles. The molecule has 0 aliphatic heterocycles. The zero-order chi connectivity index (χ0) is 13.8. The van der Waals surface area contributed by atoms with E-state index in [0.29, 0.717) is 6.61 Å². The van der Waals surface area contributed by atoms with E-state index >= 15 is 0 Å². The minimum atomic E-state index is -0.722. The zero-order valence-corrected chi connectivity index (χ0v) is 11.6. The number of benzene rings is 1. The number of ether oxygens (including phenoxy) is 1. The van der Waals surface area contributed by atoms with E-state index in [-0.39, 0.29) is 0 Å². The second-order valence-corrected chi connectivity index (χ2v) is 4.41. The van der Waals surface area contributed by atoms with Gasteiger partial charge in [-0.2, -0.15) is 5.10 Å². The maximum atomic E-state index is 10.5. The maximum absolute atomic E-state index is 10.5. The number of rotatable bonds is 5. The number of para-hydroxylation sites is 1. The SMILES string of the molecule is CCOc1ccccc1C(O)c1cc(CC)nn1C. The predicted octanol–water partition coefficient (Wildman–Crippen LogP) is 2.46. The quantitative estimate of drug-likeness (QED) is 0.898. The summed E-state index contributed by atoms with van der Waals surface area (Å²) in [5.74, 6) is 0.719. The summed E-state index contributed by atoms with van der Waals surface area (Å²) in [5.41, 5.74) is 2.53. The van der Waals surface area contributed by atoms with E-state index in [0.717, 1.165) is 29.1 Å². The van der Waals surface area contributed by atoms with Crippen LogP contribution in [0.1, 0.15) is 36.9 Å². The van der Waals surface area contributed by atoms with Crippen LogP contribution in [-0.2, 0) is 13.5 Å². The molecular weight excluding hydrogens is 240 g/mol. The molecule has 0 amide bonds. The second-order valence-electron chi connectivity index (χ2n) is 4.41. The highest BCUT2D eigenvalue weighted by atomic mass is 16.5. The number of aromatic nitrogens is 2. The minimum Gasteiger partial charge on any atom is -0.493 e. The molecule has 4 heteroatoms. The van der Waals surface area contributed by atoms with Crippen molar-refractivity contribution in [1.82, 2.24) is 9.78 Å². The van der Waals surface area contributed by atoms with Gasteiger partial charge in [0.2, 0.25) is 0 Å². The molecule has 0 radical (unpaired) electrons. The van der Waals surface area contributed by atoms with Crippen molar-refractivity contribution in [1.29, 1.82) is 0 Å². The lowest BCUT2D eigenvalue weighted by Gasteiger charge is -2.15. The van der Waals surface area contributed by atoms with E-state index in [9.17, 15) is 5.11 Å². The van der Waals surface area contributed by atoms with Gasteiger partial charge in [0.1, 0.15) is 11.9 Å². The topological polar surface area (TPSA) is 47.3 Å². The molecule has 0 aliphatic rings. The Morgan fingerprint density at radius 3 is 2.68 bits per heavy atom. The number of aliphatic hydroxyl groups excluding tert-OH is 1. The van der Waals surface area contributed by atoms with Gasteiger partial charge in [0.05, 0.1) is 18.0 Å². The van der Waals surface area contributed by atoms with Crippen LogP contribution in [0.25, 0.3) is 0 Å². The first-order valence-electron chi connectivity index (χ1n) is 6.60. The van der Waals surface area contributed by atoms with Gasteiger partial charge in [0.25, 0.3) is 0 Å². The van der Waals surface area contributed by atoms with Gasteiger partial charge in [-0.1, -0.05) is 25.1 Å². The van der Waals surface area contributed by atoms with Crippen LogP contribution in [0.3, 0.4) is 0 Å². The number of hydrogen-bond acceptors (Lipinski definition) is 3. The molecule has 1 atom stereocenters. The molecular formula is C15H20N2O2. The smallest absolute Gasteiger partial charge is 0.125 e. The highest BCUT2D eigenvalue weighted by Crippen LogP contribution is 2.30. The maximum Gasteiger partial charge on any atom is 0.125 e. The molecule has 1 N–H and O–H groups in total. The number of aliphatic hydroxyl groups is 1. The molecule has 1 aromatic heterocycles. The van der Waals surface area contributed by atoms with Crippen molar-refractivity contribution in [3.63, 3.8) is 0 Å². The fourth-order valence-electron chi connectivity index (χ4n) is 2.12. The first kappa shape index (κ1) is 13.6. The third-order valence-corrected chi connectivity index (χ3v) is 3.12. The van der Waals surface area contributed by atoms with E-state index in [4.69, 9.17) is 4.74 Å². The Hall–Kier alpha value is -1.81. The van der Waals surface area contributed by atoms with E-state index in [1.165, 1.54) is 0 Å². The molecule has 0 saturated carbocycles. The summed E-state index contributed by atoms with van der Waals surface area (Å²) >= 11 is 0. The first-order chi connectivity index (χ1) is 9.17. The molecule has 0 spiro atoms. The zero-order valence-electron chi connectivity index (χ0n) is 11.6. The summed E-state index contributed by atoms with van der Waals surface area (Å²) in [6, 6.07) is 9.50. The third kappa shape index (κ3) is 2.79. The molecule has 19 heavy (non-hydrogen) atoms. The summed E-state index contributed by atoms with van der Waals surface area (Å²) in [5, 5.41) is 14.9. The highest BCUT2D eigenvalue weighted by Gasteiger charge is 2.19. The Labute approximate surface area is 113 Å². The van der Waals surface area contributed by atoms with E-state index < -0.39 is 6.10 Å². The summed E-state index contributed by atoms with van der Waals surface area (Å²) in [6.45, 7) is 4.56. The molecule has 2 aromatic rings. The van der Waals surface area contributed by atoms with E-state index in [1.54, 1.807) is 4.68 Å². The molecule has 1 aromatic carbocycles. The van der Waals surface area contributed by atoms with Crippen molar-refractivity contribution < 1.29 is 9.84 Å². The lowest BCUT2D eigenvalue weighted by Crippen LogP contribution is -2.08. The van der Waals surface area contributed by atoms with Crippen LogP contribution in [0.5, 0.6) is 5.75 Å². The average molecular weight is 260 g/mol. The monoisotopic (exact) mass is 260 g/mol. The molecule has 1 heterocycles. The lowest BCUT2D eigenvalue weighted by atomic mass is 10.0. The summed E-state index contributed by atoms with van der Waals surface area (Å²) in [4.78, 5) is 0. The lowest BCUT2D eigenvalue weighted by molar-refractivity contribution is 0.202. The molecule has 0 bridgehead atoms. The van der Waals surface area contributed by atoms with Crippen molar-refractivity contribution in [3.05, 3.63) is 47.3 Å². The van der Waals surface area contributed by atoms with E-state index in [1.807, 2.05) is 51.2 Å². The predicted molar refractivity (Wildman–Crippen MR) is 74.3 cm³/mol. The van der Waals surface area contributed by atoms with Crippen molar-refractivity contribution in [2.45, 2.75) is 26.4 Å². The van der Waals surface area contributed by atoms with Crippen LogP contribution in [0.4, 0.5) is 0 Å². The number of hydrogen-bond donors (Lipinski definition) is 1. The first-order valence-corrected chi connectivity index (χ1v) is 6.60. The fourth-order valence-corrected chi connectivity index (χ4v) is 2.12. The summed E-state index contributed by atoms with van der Waals surface area (Å²) in [6.07, 6.45) is 0.133. The molecule has 2 rings (SSSR count). The van der Waals surface area contributed by atoms with Crippen molar-refractivity contribution in [2.75, 3.05) is 6.61 Å². The van der Waals surface area contributed by atoms with Gasteiger partial charge in [0, 0.05) is 12.6 Å². The largest absolute Gasteiger partial charge is 0.493 e. The van der Waals surface area contributed by atoms with Crippen LogP contribution in [0.15, 0.2) is 30.3 Å². The van der Waals surface area contributed by atoms with Gasteiger partial charge in [-0.25, -0.2) is 0 Å². The number of nitrogens with zero attached hydrogens (tertiary/aromatic N) is 2. The standard InChI is InChI=1S/C15H20N2O2/c1-4-11-10-13(17(3)16-11)15(18)12-8-6-7-9-14(12)19-5-2/h6-10,15,18H,4-5H2,1-3H3. The van der Waals surface area contributed by atoms with Crippen LogP contribution < -0.4 is 4.74 Å². The van der Waals surface area contributed by atoms with Crippen LogP contribution in [0.2, 0.25) is 0 Å². The summed E-state index contributed by atoms with van der Waals surface area (Å²) < 4.78 is 7.29. The van der Waals surface area contributed by atoms with Gasteiger partial charge >= 0.3 is 0 Å². The normalized spacial score (nSPS) is 12.4. The average Bonchev–Trinajstić information content (AvgIpc) is 2.80. The molecule has 102 valence electrons. The van der Waals surface area contributed by atoms with Gasteiger partial charge in [0.15, 0.2) is 0 Å². The molecule has 0 saturated heterocycles. The molecule has 0 fully saturated rings. The molecule has 4 nitrogen and oxygen atoms in total. The Morgan fingerprint density at radius 2 is 2.05 bits per heavy atom. The third-order valence-electron chi connectivity index (χ3n) is 3.12. The minimum absolute atomic E-state index is 0.579. The Bertz CT molecular complexity index is 549. The van der Waals surface area contributed by atoms with E-state index in [2.05, 4.69) is 5.10 Å². The summed E-state index contributed by atoms with van der Waals surface area (Å²) in [7, 11) is 1.85. The van der Waals surface area contributed by atoms with Gasteiger partial charge in [-0.15, -0.1) is 0 Å². The molecule has 1 unspecified atom stereocenters. The number of aryl methyl sites for hydroxylation is 2. The van der Waals surface area contributed by atoms with Gasteiger partial charge in [-0.3, -0.25) is 4.68 Å². The highest BCUT2D eigenvalue weighted by molar-refractivity contribution is 5.39. The Balaban J connectivity index is 2.37. The Kier molecular flexibility index (Phi) is 4.22. The van der Waals surface area contributed by atoms with Crippen LogP contribution in [0, 0.1) is 0 Å². The van der Waals surface area contributed by atoms with Crippen molar-refractivity contribution in [3.8, 4) is 5.75 Å². The second kappa shape index (κ2) is 5.89. The van der Waals surface area contributed by atoms with Gasteiger partial charge < -0.3 is 9.84 Å². The Morgan fingerprint density at radius 1 is 1.32 bits per heavy atom.